The summed E-state index contributed by atoms with van der Waals surface area (Å²) in [6, 6.07) is 6.29. The number of nitrogens with one attached hydrogen (secondary N) is 2. The Labute approximate surface area is 125 Å². The number of carboxylic acids is 1. The van der Waals surface area contributed by atoms with Crippen LogP contribution < -0.4 is 10.6 Å². The van der Waals surface area contributed by atoms with E-state index in [1.165, 1.54) is 5.56 Å². The summed E-state index contributed by atoms with van der Waals surface area (Å²) in [6.45, 7) is 4.03. The number of unbranched alkanes of at least 4 members (excludes halogenated alkanes) is 1. The van der Waals surface area contributed by atoms with Crippen LogP contribution >= 0.6 is 0 Å². The molecule has 5 heteroatoms. The number of aliphatic carboxylic acids is 1. The van der Waals surface area contributed by atoms with Gasteiger partial charge in [0.2, 0.25) is 0 Å². The number of rotatable bonds is 8. The zero-order chi connectivity index (χ0) is 15.7. The Morgan fingerprint density at radius 3 is 2.33 bits per heavy atom. The number of anilines is 1. The van der Waals surface area contributed by atoms with E-state index in [1.807, 2.05) is 31.2 Å². The van der Waals surface area contributed by atoms with Gasteiger partial charge in [0.15, 0.2) is 0 Å². The van der Waals surface area contributed by atoms with Crippen LogP contribution in [0.25, 0.3) is 0 Å². The number of aryl methyl sites for hydroxylation is 1. The van der Waals surface area contributed by atoms with Gasteiger partial charge in [0.25, 0.3) is 0 Å². The van der Waals surface area contributed by atoms with E-state index in [1.54, 1.807) is 0 Å². The van der Waals surface area contributed by atoms with Gasteiger partial charge >= 0.3 is 12.0 Å². The molecule has 1 rings (SSSR count). The average molecular weight is 292 g/mol. The van der Waals surface area contributed by atoms with E-state index in [0.29, 0.717) is 18.5 Å². The summed E-state index contributed by atoms with van der Waals surface area (Å²) < 4.78 is 0. The highest BCUT2D eigenvalue weighted by atomic mass is 16.4. The SMILES string of the molecule is CCCCc1ccc(NC(=O)N[C@H](CCC)C(=O)O)cc1. The Morgan fingerprint density at radius 1 is 1.14 bits per heavy atom. The third-order valence-corrected chi connectivity index (χ3v) is 3.21. The van der Waals surface area contributed by atoms with E-state index in [9.17, 15) is 9.59 Å². The maximum atomic E-state index is 11.8. The Morgan fingerprint density at radius 2 is 1.81 bits per heavy atom. The molecule has 0 aliphatic heterocycles. The quantitative estimate of drug-likeness (QED) is 0.687. The van der Waals surface area contributed by atoms with Crippen LogP contribution in [0, 0.1) is 0 Å². The van der Waals surface area contributed by atoms with Gasteiger partial charge in [-0.15, -0.1) is 0 Å². The fraction of sp³-hybridized carbons (Fsp3) is 0.500. The summed E-state index contributed by atoms with van der Waals surface area (Å²) in [6.07, 6.45) is 4.43. The van der Waals surface area contributed by atoms with E-state index in [4.69, 9.17) is 5.11 Å². The van der Waals surface area contributed by atoms with Gasteiger partial charge in [-0.2, -0.15) is 0 Å². The molecule has 0 saturated heterocycles. The van der Waals surface area contributed by atoms with Crippen molar-refractivity contribution in [2.24, 2.45) is 0 Å². The van der Waals surface area contributed by atoms with Crippen LogP contribution in [0.1, 0.15) is 45.1 Å². The minimum absolute atomic E-state index is 0.415. The molecule has 0 aliphatic rings. The molecule has 0 aromatic heterocycles. The summed E-state index contributed by atoms with van der Waals surface area (Å²) in [5.74, 6) is -1.01. The Kier molecular flexibility index (Phi) is 7.29. The van der Waals surface area contributed by atoms with Crippen LogP contribution in [0.15, 0.2) is 24.3 Å². The highest BCUT2D eigenvalue weighted by Crippen LogP contribution is 2.11. The van der Waals surface area contributed by atoms with Crippen molar-refractivity contribution < 1.29 is 14.7 Å². The van der Waals surface area contributed by atoms with Crippen molar-refractivity contribution in [1.82, 2.24) is 5.32 Å². The van der Waals surface area contributed by atoms with Crippen LogP contribution in [-0.4, -0.2) is 23.1 Å². The molecule has 2 amide bonds. The highest BCUT2D eigenvalue weighted by molar-refractivity contribution is 5.92. The van der Waals surface area contributed by atoms with Gasteiger partial charge in [-0.3, -0.25) is 0 Å². The lowest BCUT2D eigenvalue weighted by Gasteiger charge is -2.14. The fourth-order valence-corrected chi connectivity index (χ4v) is 2.01. The van der Waals surface area contributed by atoms with Crippen LogP contribution in [0.2, 0.25) is 0 Å². The molecular formula is C16H24N2O3. The maximum Gasteiger partial charge on any atom is 0.326 e. The molecule has 21 heavy (non-hydrogen) atoms. The summed E-state index contributed by atoms with van der Waals surface area (Å²) in [7, 11) is 0. The first-order valence-electron chi connectivity index (χ1n) is 7.46. The molecule has 3 N–H and O–H groups in total. The van der Waals surface area contributed by atoms with Gasteiger partial charge < -0.3 is 15.7 Å². The Hall–Kier alpha value is -2.04. The van der Waals surface area contributed by atoms with Crippen molar-refractivity contribution in [3.8, 4) is 0 Å². The first-order chi connectivity index (χ1) is 10.1. The topological polar surface area (TPSA) is 78.4 Å². The molecule has 1 atom stereocenters. The predicted molar refractivity (Wildman–Crippen MR) is 83.5 cm³/mol. The number of carbonyl (C=O) groups excluding carboxylic acids is 1. The first-order valence-corrected chi connectivity index (χ1v) is 7.46. The monoisotopic (exact) mass is 292 g/mol. The Bertz CT molecular complexity index is 457. The van der Waals surface area contributed by atoms with Crippen molar-refractivity contribution >= 4 is 17.7 Å². The second kappa shape index (κ2) is 9.00. The second-order valence-corrected chi connectivity index (χ2v) is 5.08. The summed E-state index contributed by atoms with van der Waals surface area (Å²) in [5, 5.41) is 14.1. The lowest BCUT2D eigenvalue weighted by molar-refractivity contribution is -0.139. The molecule has 0 spiro atoms. The zero-order valence-electron chi connectivity index (χ0n) is 12.7. The van der Waals surface area contributed by atoms with E-state index in [2.05, 4.69) is 17.6 Å². The smallest absolute Gasteiger partial charge is 0.326 e. The van der Waals surface area contributed by atoms with Crippen LogP contribution in [0.4, 0.5) is 10.5 Å². The van der Waals surface area contributed by atoms with Crippen LogP contribution in [0.5, 0.6) is 0 Å². The van der Waals surface area contributed by atoms with Crippen molar-refractivity contribution in [2.75, 3.05) is 5.32 Å². The van der Waals surface area contributed by atoms with Gasteiger partial charge in [0, 0.05) is 5.69 Å². The van der Waals surface area contributed by atoms with E-state index < -0.39 is 18.0 Å². The van der Waals surface area contributed by atoms with Gasteiger partial charge in [-0.25, -0.2) is 9.59 Å². The van der Waals surface area contributed by atoms with Gasteiger partial charge in [-0.1, -0.05) is 38.8 Å². The Balaban J connectivity index is 2.52. The summed E-state index contributed by atoms with van der Waals surface area (Å²) in [5.41, 5.74) is 1.89. The standard InChI is InChI=1S/C16H24N2O3/c1-3-5-7-12-8-10-13(11-9-12)17-16(21)18-14(6-4-2)15(19)20/h8-11,14H,3-7H2,1-2H3,(H,19,20)(H2,17,18,21)/t14-/m1/s1. The number of benzene rings is 1. The molecule has 1 aromatic carbocycles. The highest BCUT2D eigenvalue weighted by Gasteiger charge is 2.18. The third kappa shape index (κ3) is 6.29. The molecule has 116 valence electrons. The van der Waals surface area contributed by atoms with Crippen molar-refractivity contribution in [3.05, 3.63) is 29.8 Å². The lowest BCUT2D eigenvalue weighted by Crippen LogP contribution is -2.42. The molecule has 5 nitrogen and oxygen atoms in total. The van der Waals surface area contributed by atoms with Crippen molar-refractivity contribution in [2.45, 2.75) is 52.0 Å². The second-order valence-electron chi connectivity index (χ2n) is 5.08. The molecule has 1 aromatic rings. The number of amides is 2. The first kappa shape index (κ1) is 17.0. The van der Waals surface area contributed by atoms with Crippen molar-refractivity contribution in [1.29, 1.82) is 0 Å². The largest absolute Gasteiger partial charge is 0.480 e. The van der Waals surface area contributed by atoms with Gasteiger partial charge in [0.1, 0.15) is 6.04 Å². The normalized spacial score (nSPS) is 11.7. The minimum Gasteiger partial charge on any atom is -0.480 e. The van der Waals surface area contributed by atoms with E-state index in [0.717, 1.165) is 19.3 Å². The maximum absolute atomic E-state index is 11.8. The molecule has 0 radical (unpaired) electrons. The molecule has 0 bridgehead atoms. The number of carbonyl (C=O) groups is 2. The zero-order valence-corrected chi connectivity index (χ0v) is 12.7. The van der Waals surface area contributed by atoms with Crippen LogP contribution in [-0.2, 0) is 11.2 Å². The van der Waals surface area contributed by atoms with E-state index in [-0.39, 0.29) is 0 Å². The summed E-state index contributed by atoms with van der Waals surface area (Å²) in [4.78, 5) is 22.8. The molecule has 0 fully saturated rings. The number of hydrogen-bond acceptors (Lipinski definition) is 2. The van der Waals surface area contributed by atoms with Crippen LogP contribution in [0.3, 0.4) is 0 Å². The van der Waals surface area contributed by atoms with Crippen molar-refractivity contribution in [3.63, 3.8) is 0 Å². The van der Waals surface area contributed by atoms with Gasteiger partial charge in [0.05, 0.1) is 0 Å². The molecule has 0 heterocycles. The predicted octanol–water partition coefficient (Wildman–Crippen LogP) is 3.40. The number of hydrogen-bond donors (Lipinski definition) is 3. The molecular weight excluding hydrogens is 268 g/mol. The fourth-order valence-electron chi connectivity index (χ4n) is 2.01. The molecule has 0 saturated carbocycles. The van der Waals surface area contributed by atoms with E-state index >= 15 is 0 Å². The minimum atomic E-state index is -1.01. The number of carboxylic acid groups (broad SMARTS) is 1. The molecule has 0 unspecified atom stereocenters. The average Bonchev–Trinajstić information content (AvgIpc) is 2.46. The van der Waals surface area contributed by atoms with Gasteiger partial charge in [-0.05, 0) is 37.0 Å². The third-order valence-electron chi connectivity index (χ3n) is 3.21. The summed E-state index contributed by atoms with van der Waals surface area (Å²) >= 11 is 0. The molecule has 0 aliphatic carbocycles. The number of urea groups is 1. The lowest BCUT2D eigenvalue weighted by atomic mass is 10.1.